The van der Waals surface area contributed by atoms with Crippen LogP contribution >= 0.6 is 28.1 Å². The highest BCUT2D eigenvalue weighted by atomic mass is 79.9. The van der Waals surface area contributed by atoms with Gasteiger partial charge >= 0.3 is 0 Å². The van der Waals surface area contributed by atoms with Crippen molar-refractivity contribution in [1.82, 2.24) is 0 Å². The van der Waals surface area contributed by atoms with Gasteiger partial charge < -0.3 is 11.1 Å². The molecule has 1 aromatic rings. The summed E-state index contributed by atoms with van der Waals surface area (Å²) < 4.78 is 24.0. The van der Waals surface area contributed by atoms with E-state index in [0.29, 0.717) is 12.0 Å². The standard InChI is InChI=1S/C12H15BrN2O2S2/c1-12(5-6-19(16,17)7-12)15-9-4-2-3-8(13)10(9)11(14)18/h2-4,15H,5-7H2,1H3,(H2,14,18). The number of anilines is 1. The molecule has 1 heterocycles. The molecular formula is C12H15BrN2O2S2. The SMILES string of the molecule is CC1(Nc2cccc(Br)c2C(N)=S)CCS(=O)(=O)C1. The molecule has 19 heavy (non-hydrogen) atoms. The molecule has 0 saturated carbocycles. The van der Waals surface area contributed by atoms with Gasteiger partial charge in [0.15, 0.2) is 9.84 Å². The highest BCUT2D eigenvalue weighted by molar-refractivity contribution is 9.10. The summed E-state index contributed by atoms with van der Waals surface area (Å²) in [6.07, 6.45) is 0.582. The minimum absolute atomic E-state index is 0.128. The molecule has 0 aliphatic carbocycles. The first kappa shape index (κ1) is 14.7. The summed E-state index contributed by atoms with van der Waals surface area (Å²) in [5.41, 5.74) is 6.73. The van der Waals surface area contributed by atoms with Gasteiger partial charge in [-0.3, -0.25) is 0 Å². The normalized spacial score (nSPS) is 25.2. The largest absolute Gasteiger partial charge is 0.389 e. The van der Waals surface area contributed by atoms with Crippen molar-refractivity contribution in [2.45, 2.75) is 18.9 Å². The Morgan fingerprint density at radius 3 is 2.74 bits per heavy atom. The van der Waals surface area contributed by atoms with Gasteiger partial charge in [0, 0.05) is 21.3 Å². The second-order valence-corrected chi connectivity index (χ2v) is 8.53. The van der Waals surface area contributed by atoms with E-state index in [1.807, 2.05) is 25.1 Å². The van der Waals surface area contributed by atoms with Gasteiger partial charge in [0.25, 0.3) is 0 Å². The molecule has 1 saturated heterocycles. The van der Waals surface area contributed by atoms with Gasteiger partial charge in [-0.05, 0) is 41.4 Å². The molecule has 104 valence electrons. The Morgan fingerprint density at radius 2 is 2.21 bits per heavy atom. The summed E-state index contributed by atoms with van der Waals surface area (Å²) >= 11 is 8.46. The topological polar surface area (TPSA) is 72.2 Å². The van der Waals surface area contributed by atoms with Crippen molar-refractivity contribution < 1.29 is 8.42 Å². The molecule has 1 aromatic carbocycles. The highest BCUT2D eigenvalue weighted by Gasteiger charge is 2.38. The maximum absolute atomic E-state index is 11.6. The maximum atomic E-state index is 11.6. The minimum Gasteiger partial charge on any atom is -0.389 e. The van der Waals surface area contributed by atoms with Gasteiger partial charge in [-0.25, -0.2) is 8.42 Å². The smallest absolute Gasteiger partial charge is 0.152 e. The molecule has 0 amide bonds. The van der Waals surface area contributed by atoms with Crippen molar-refractivity contribution in [3.8, 4) is 0 Å². The first-order valence-corrected chi connectivity index (χ1v) is 8.82. The zero-order valence-corrected chi connectivity index (χ0v) is 13.7. The minimum atomic E-state index is -2.96. The lowest BCUT2D eigenvalue weighted by Gasteiger charge is -2.27. The fraction of sp³-hybridized carbons (Fsp3) is 0.417. The van der Waals surface area contributed by atoms with Crippen LogP contribution in [0.25, 0.3) is 0 Å². The van der Waals surface area contributed by atoms with Crippen LogP contribution < -0.4 is 11.1 Å². The lowest BCUT2D eigenvalue weighted by atomic mass is 10.0. The van der Waals surface area contributed by atoms with Crippen LogP contribution in [-0.4, -0.2) is 30.5 Å². The third kappa shape index (κ3) is 3.27. The van der Waals surface area contributed by atoms with Crippen LogP contribution in [0.2, 0.25) is 0 Å². The Hall–Kier alpha value is -0.660. The van der Waals surface area contributed by atoms with Gasteiger partial charge in [-0.15, -0.1) is 0 Å². The van der Waals surface area contributed by atoms with Crippen LogP contribution in [0.5, 0.6) is 0 Å². The van der Waals surface area contributed by atoms with Crippen molar-refractivity contribution in [3.63, 3.8) is 0 Å². The van der Waals surface area contributed by atoms with Gasteiger partial charge in [0.1, 0.15) is 4.99 Å². The summed E-state index contributed by atoms with van der Waals surface area (Å²) in [5.74, 6) is 0.343. The zero-order chi connectivity index (χ0) is 14.3. The zero-order valence-electron chi connectivity index (χ0n) is 10.4. The third-order valence-electron chi connectivity index (χ3n) is 3.20. The number of halogens is 1. The van der Waals surface area contributed by atoms with Crippen molar-refractivity contribution in [3.05, 3.63) is 28.2 Å². The third-order valence-corrected chi connectivity index (χ3v) is 5.97. The van der Waals surface area contributed by atoms with E-state index in [0.717, 1.165) is 10.2 Å². The predicted molar refractivity (Wildman–Crippen MR) is 85.3 cm³/mol. The molecule has 0 aromatic heterocycles. The van der Waals surface area contributed by atoms with E-state index in [1.54, 1.807) is 0 Å². The fourth-order valence-corrected chi connectivity index (χ4v) is 5.34. The van der Waals surface area contributed by atoms with Crippen LogP contribution in [0, 0.1) is 0 Å². The van der Waals surface area contributed by atoms with E-state index in [9.17, 15) is 8.42 Å². The average Bonchev–Trinajstić information content (AvgIpc) is 2.52. The van der Waals surface area contributed by atoms with Crippen LogP contribution in [0.4, 0.5) is 5.69 Å². The van der Waals surface area contributed by atoms with Gasteiger partial charge in [-0.2, -0.15) is 0 Å². The Balaban J connectivity index is 2.35. The van der Waals surface area contributed by atoms with Crippen LogP contribution in [0.1, 0.15) is 18.9 Å². The molecule has 1 atom stereocenters. The Bertz CT molecular complexity index is 631. The molecule has 1 aliphatic rings. The summed E-state index contributed by atoms with van der Waals surface area (Å²) in [7, 11) is -2.96. The lowest BCUT2D eigenvalue weighted by molar-refractivity contribution is 0.574. The summed E-state index contributed by atoms with van der Waals surface area (Å²) in [6.45, 7) is 1.90. The number of hydrogen-bond donors (Lipinski definition) is 2. The summed E-state index contributed by atoms with van der Waals surface area (Å²) in [5, 5.41) is 3.29. The average molecular weight is 363 g/mol. The number of thiocarbonyl (C=S) groups is 1. The first-order chi connectivity index (χ1) is 8.72. The molecule has 0 spiro atoms. The van der Waals surface area contributed by atoms with E-state index in [1.165, 1.54) is 0 Å². The predicted octanol–water partition coefficient (Wildman–Crippen LogP) is 2.07. The van der Waals surface area contributed by atoms with E-state index >= 15 is 0 Å². The first-order valence-electron chi connectivity index (χ1n) is 5.79. The maximum Gasteiger partial charge on any atom is 0.152 e. The number of benzene rings is 1. The molecule has 7 heteroatoms. The molecule has 0 radical (unpaired) electrons. The molecular weight excluding hydrogens is 348 g/mol. The van der Waals surface area contributed by atoms with Crippen molar-refractivity contribution in [1.29, 1.82) is 0 Å². The lowest BCUT2D eigenvalue weighted by Crippen LogP contribution is -2.36. The van der Waals surface area contributed by atoms with Crippen molar-refractivity contribution in [2.24, 2.45) is 5.73 Å². The van der Waals surface area contributed by atoms with E-state index in [4.69, 9.17) is 18.0 Å². The summed E-state index contributed by atoms with van der Waals surface area (Å²) in [6, 6.07) is 5.57. The van der Waals surface area contributed by atoms with E-state index < -0.39 is 15.4 Å². The van der Waals surface area contributed by atoms with Gasteiger partial charge in [0.05, 0.1) is 11.5 Å². The van der Waals surface area contributed by atoms with Gasteiger partial charge in [-0.1, -0.05) is 18.3 Å². The number of nitrogens with one attached hydrogen (secondary N) is 1. The Kier molecular flexibility index (Phi) is 3.90. The van der Waals surface area contributed by atoms with Crippen LogP contribution in [0.15, 0.2) is 22.7 Å². The fourth-order valence-electron chi connectivity index (χ4n) is 2.31. The molecule has 1 aliphatic heterocycles. The molecule has 3 N–H and O–H groups in total. The monoisotopic (exact) mass is 362 g/mol. The molecule has 4 nitrogen and oxygen atoms in total. The molecule has 0 bridgehead atoms. The van der Waals surface area contributed by atoms with Gasteiger partial charge in [0.2, 0.25) is 0 Å². The number of nitrogens with two attached hydrogens (primary N) is 1. The Morgan fingerprint density at radius 1 is 1.53 bits per heavy atom. The molecule has 1 fully saturated rings. The number of sulfone groups is 1. The quantitative estimate of drug-likeness (QED) is 0.805. The molecule has 2 rings (SSSR count). The molecule has 1 unspecified atom stereocenters. The summed E-state index contributed by atoms with van der Waals surface area (Å²) in [4.78, 5) is 0.277. The van der Waals surface area contributed by atoms with Crippen molar-refractivity contribution in [2.75, 3.05) is 16.8 Å². The van der Waals surface area contributed by atoms with E-state index in [2.05, 4.69) is 21.2 Å². The number of rotatable bonds is 3. The van der Waals surface area contributed by atoms with E-state index in [-0.39, 0.29) is 16.5 Å². The second-order valence-electron chi connectivity index (χ2n) is 5.05. The highest BCUT2D eigenvalue weighted by Crippen LogP contribution is 2.31. The van der Waals surface area contributed by atoms with Crippen LogP contribution in [-0.2, 0) is 9.84 Å². The number of hydrogen-bond acceptors (Lipinski definition) is 4. The van der Waals surface area contributed by atoms with Crippen LogP contribution in [0.3, 0.4) is 0 Å². The Labute approximate surface area is 126 Å². The van der Waals surface area contributed by atoms with Crippen molar-refractivity contribution >= 4 is 48.7 Å². The second kappa shape index (κ2) is 5.03.